The Morgan fingerprint density at radius 2 is 2.28 bits per heavy atom. The molecule has 0 radical (unpaired) electrons. The lowest BCUT2D eigenvalue weighted by atomic mass is 10.1. The van der Waals surface area contributed by atoms with E-state index in [0.29, 0.717) is 19.5 Å². The fraction of sp³-hybridized carbons (Fsp3) is 0.833. The molecule has 1 saturated heterocycles. The van der Waals surface area contributed by atoms with Crippen molar-refractivity contribution < 1.29 is 14.7 Å². The van der Waals surface area contributed by atoms with E-state index in [9.17, 15) is 9.59 Å². The van der Waals surface area contributed by atoms with Crippen molar-refractivity contribution in [1.29, 1.82) is 0 Å². The molecule has 104 valence electrons. The van der Waals surface area contributed by atoms with Gasteiger partial charge in [0.1, 0.15) is 0 Å². The van der Waals surface area contributed by atoms with Crippen molar-refractivity contribution in [3.63, 3.8) is 0 Å². The molecule has 1 rings (SSSR count). The molecule has 0 spiro atoms. The van der Waals surface area contributed by atoms with Crippen molar-refractivity contribution in [2.24, 2.45) is 5.73 Å². The molecule has 2 unspecified atom stereocenters. The van der Waals surface area contributed by atoms with Crippen LogP contribution < -0.4 is 11.1 Å². The van der Waals surface area contributed by atoms with Gasteiger partial charge in [-0.25, -0.2) is 4.79 Å². The van der Waals surface area contributed by atoms with Gasteiger partial charge in [0.2, 0.25) is 0 Å². The molecule has 4 N–H and O–H groups in total. The second-order valence-corrected chi connectivity index (χ2v) is 4.88. The minimum Gasteiger partial charge on any atom is -0.481 e. The molecule has 0 aliphatic carbocycles. The summed E-state index contributed by atoms with van der Waals surface area (Å²) < 4.78 is 0. The molecule has 1 fully saturated rings. The van der Waals surface area contributed by atoms with E-state index in [1.54, 1.807) is 4.90 Å². The first-order chi connectivity index (χ1) is 8.52. The van der Waals surface area contributed by atoms with Gasteiger partial charge in [-0.1, -0.05) is 13.3 Å². The second-order valence-electron chi connectivity index (χ2n) is 4.88. The van der Waals surface area contributed by atoms with Gasteiger partial charge in [-0.15, -0.1) is 0 Å². The Labute approximate surface area is 108 Å². The van der Waals surface area contributed by atoms with E-state index in [1.165, 1.54) is 0 Å². The van der Waals surface area contributed by atoms with Crippen molar-refractivity contribution in [3.8, 4) is 0 Å². The van der Waals surface area contributed by atoms with Gasteiger partial charge in [-0.3, -0.25) is 4.79 Å². The van der Waals surface area contributed by atoms with Gasteiger partial charge in [-0.2, -0.15) is 0 Å². The van der Waals surface area contributed by atoms with Gasteiger partial charge >= 0.3 is 12.0 Å². The second kappa shape index (κ2) is 7.20. The normalized spacial score (nSPS) is 21.4. The number of likely N-dealkylation sites (tertiary alicyclic amines) is 1. The monoisotopic (exact) mass is 257 g/mol. The quantitative estimate of drug-likeness (QED) is 0.677. The van der Waals surface area contributed by atoms with Gasteiger partial charge in [-0.05, 0) is 19.3 Å². The van der Waals surface area contributed by atoms with E-state index >= 15 is 0 Å². The number of nitrogens with two attached hydrogens (primary N) is 1. The van der Waals surface area contributed by atoms with Crippen LogP contribution in [0.25, 0.3) is 0 Å². The minimum absolute atomic E-state index is 0.0283. The average molecular weight is 257 g/mol. The fourth-order valence-corrected chi connectivity index (χ4v) is 2.24. The van der Waals surface area contributed by atoms with Crippen LogP contribution in [0.1, 0.15) is 39.0 Å². The van der Waals surface area contributed by atoms with Crippen LogP contribution in [0, 0.1) is 0 Å². The predicted molar refractivity (Wildman–Crippen MR) is 68.3 cm³/mol. The van der Waals surface area contributed by atoms with Crippen LogP contribution >= 0.6 is 0 Å². The maximum atomic E-state index is 12.0. The summed E-state index contributed by atoms with van der Waals surface area (Å²) in [6.07, 6.45) is 3.35. The molecule has 6 nitrogen and oxygen atoms in total. The van der Waals surface area contributed by atoms with E-state index in [2.05, 4.69) is 5.32 Å². The lowest BCUT2D eigenvalue weighted by molar-refractivity contribution is -0.137. The van der Waals surface area contributed by atoms with Gasteiger partial charge in [0, 0.05) is 25.2 Å². The molecule has 1 aliphatic rings. The highest BCUT2D eigenvalue weighted by molar-refractivity contribution is 5.76. The van der Waals surface area contributed by atoms with Crippen LogP contribution in [0.2, 0.25) is 0 Å². The number of hydrogen-bond donors (Lipinski definition) is 3. The average Bonchev–Trinajstić information content (AvgIpc) is 2.28. The number of nitrogens with one attached hydrogen (secondary N) is 1. The van der Waals surface area contributed by atoms with Gasteiger partial charge in [0.15, 0.2) is 0 Å². The number of rotatable bonds is 5. The van der Waals surface area contributed by atoms with E-state index in [0.717, 1.165) is 19.3 Å². The number of carboxylic acids is 1. The number of piperidine rings is 1. The number of carboxylic acid groups (broad SMARTS) is 1. The topological polar surface area (TPSA) is 95.7 Å². The molecule has 1 aliphatic heterocycles. The van der Waals surface area contributed by atoms with E-state index in [4.69, 9.17) is 10.8 Å². The summed E-state index contributed by atoms with van der Waals surface area (Å²) in [5.41, 5.74) is 5.82. The van der Waals surface area contributed by atoms with Crippen molar-refractivity contribution in [2.45, 2.75) is 51.1 Å². The predicted octanol–water partition coefficient (Wildman–Crippen LogP) is 0.763. The van der Waals surface area contributed by atoms with E-state index in [1.807, 2.05) is 6.92 Å². The molecule has 1 heterocycles. The maximum absolute atomic E-state index is 12.0. The van der Waals surface area contributed by atoms with Crippen LogP contribution in [0.3, 0.4) is 0 Å². The molecule has 6 heteroatoms. The lowest BCUT2D eigenvalue weighted by Gasteiger charge is -2.32. The maximum Gasteiger partial charge on any atom is 0.317 e. The summed E-state index contributed by atoms with van der Waals surface area (Å²) in [7, 11) is 0. The first-order valence-electron chi connectivity index (χ1n) is 6.55. The Balaban J connectivity index is 2.46. The summed E-state index contributed by atoms with van der Waals surface area (Å²) in [4.78, 5) is 24.4. The molecular weight excluding hydrogens is 234 g/mol. The standard InChI is InChI=1S/C12H23N3O3/c1-2-4-10(7-11(16)17)14-12(18)15-6-3-5-9(13)8-15/h9-10H,2-8,13H2,1H3,(H,14,18)(H,16,17). The zero-order valence-corrected chi connectivity index (χ0v) is 10.9. The lowest BCUT2D eigenvalue weighted by Crippen LogP contribution is -2.52. The summed E-state index contributed by atoms with van der Waals surface area (Å²) in [6, 6.07) is -0.448. The molecule has 0 bridgehead atoms. The Bertz CT molecular complexity index is 296. The number of urea groups is 1. The molecule has 0 aromatic carbocycles. The number of amides is 2. The van der Waals surface area contributed by atoms with E-state index < -0.39 is 5.97 Å². The van der Waals surface area contributed by atoms with Crippen LogP contribution in [-0.4, -0.2) is 47.2 Å². The Kier molecular flexibility index (Phi) is 5.91. The third-order valence-electron chi connectivity index (χ3n) is 3.13. The van der Waals surface area contributed by atoms with Gasteiger partial charge < -0.3 is 21.1 Å². The van der Waals surface area contributed by atoms with Crippen molar-refractivity contribution >= 4 is 12.0 Å². The summed E-state index contributed by atoms with van der Waals surface area (Å²) in [6.45, 7) is 3.22. The largest absolute Gasteiger partial charge is 0.481 e. The minimum atomic E-state index is -0.885. The molecule has 0 saturated carbocycles. The molecule has 0 aromatic rings. The summed E-state index contributed by atoms with van der Waals surface area (Å²) in [5, 5.41) is 11.6. The third-order valence-corrected chi connectivity index (χ3v) is 3.13. The number of nitrogens with zero attached hydrogens (tertiary/aromatic N) is 1. The Hall–Kier alpha value is -1.30. The zero-order chi connectivity index (χ0) is 13.5. The highest BCUT2D eigenvalue weighted by atomic mass is 16.4. The van der Waals surface area contributed by atoms with E-state index in [-0.39, 0.29) is 24.5 Å². The third kappa shape index (κ3) is 4.91. The molecular formula is C12H23N3O3. The zero-order valence-electron chi connectivity index (χ0n) is 10.9. The summed E-state index contributed by atoms with van der Waals surface area (Å²) in [5.74, 6) is -0.885. The number of hydrogen-bond acceptors (Lipinski definition) is 3. The molecule has 18 heavy (non-hydrogen) atoms. The van der Waals surface area contributed by atoms with Crippen LogP contribution in [0.15, 0.2) is 0 Å². The number of carbonyl (C=O) groups excluding carboxylic acids is 1. The Morgan fingerprint density at radius 3 is 2.83 bits per heavy atom. The van der Waals surface area contributed by atoms with Gasteiger partial charge in [0.25, 0.3) is 0 Å². The highest BCUT2D eigenvalue weighted by Crippen LogP contribution is 2.09. The van der Waals surface area contributed by atoms with Crippen molar-refractivity contribution in [3.05, 3.63) is 0 Å². The first-order valence-corrected chi connectivity index (χ1v) is 6.55. The van der Waals surface area contributed by atoms with Crippen LogP contribution in [-0.2, 0) is 4.79 Å². The van der Waals surface area contributed by atoms with Crippen molar-refractivity contribution in [2.75, 3.05) is 13.1 Å². The fourth-order valence-electron chi connectivity index (χ4n) is 2.24. The highest BCUT2D eigenvalue weighted by Gasteiger charge is 2.23. The smallest absolute Gasteiger partial charge is 0.317 e. The first kappa shape index (κ1) is 14.8. The summed E-state index contributed by atoms with van der Waals surface area (Å²) >= 11 is 0. The number of aliphatic carboxylic acids is 1. The van der Waals surface area contributed by atoms with Crippen LogP contribution in [0.4, 0.5) is 4.79 Å². The van der Waals surface area contributed by atoms with Crippen molar-refractivity contribution in [1.82, 2.24) is 10.2 Å². The SMILES string of the molecule is CCCC(CC(=O)O)NC(=O)N1CCCC(N)C1. The Morgan fingerprint density at radius 1 is 1.56 bits per heavy atom. The molecule has 2 amide bonds. The molecule has 0 aromatic heterocycles. The van der Waals surface area contributed by atoms with Crippen LogP contribution in [0.5, 0.6) is 0 Å². The molecule has 2 atom stereocenters. The van der Waals surface area contributed by atoms with Gasteiger partial charge in [0.05, 0.1) is 6.42 Å². The number of carbonyl (C=O) groups is 2.